The van der Waals surface area contributed by atoms with Crippen LogP contribution in [0.15, 0.2) is 18.2 Å². The van der Waals surface area contributed by atoms with Gasteiger partial charge in [-0.05, 0) is 43.4 Å². The van der Waals surface area contributed by atoms with Gasteiger partial charge in [-0.3, -0.25) is 14.9 Å². The molecule has 1 aliphatic carbocycles. The molecule has 2 aromatic rings. The Hall–Kier alpha value is -2.61. The van der Waals surface area contributed by atoms with Gasteiger partial charge < -0.3 is 14.8 Å². The van der Waals surface area contributed by atoms with Crippen molar-refractivity contribution in [2.45, 2.75) is 44.3 Å². The van der Waals surface area contributed by atoms with E-state index in [1.165, 1.54) is 6.07 Å². The number of carbonyl (C=O) groups is 3. The zero-order chi connectivity index (χ0) is 20.3. The maximum atomic E-state index is 13.8. The monoisotopic (exact) mass is 418 g/mol. The lowest BCUT2D eigenvalue weighted by molar-refractivity contribution is -0.133. The SMILES string of the molecule is O=C1NC(=O)[C@](CCC(=O)N2CCn3c(cc4cc(F)c(Cl)cc43)C2)(C2CC2)N1. The van der Waals surface area contributed by atoms with Crippen LogP contribution in [0.3, 0.4) is 0 Å². The molecule has 1 aromatic heterocycles. The molecule has 0 spiro atoms. The maximum absolute atomic E-state index is 13.8. The van der Waals surface area contributed by atoms with Gasteiger partial charge in [-0.1, -0.05) is 11.6 Å². The Bertz CT molecular complexity index is 1060. The number of halogens is 2. The Kier molecular flexibility index (Phi) is 4.10. The molecule has 1 saturated heterocycles. The highest BCUT2D eigenvalue weighted by Gasteiger charge is 2.55. The fourth-order valence-corrected chi connectivity index (χ4v) is 4.79. The molecule has 3 aliphatic rings. The number of carbonyl (C=O) groups excluding carboxylic acids is 3. The lowest BCUT2D eigenvalue weighted by Crippen LogP contribution is -2.50. The van der Waals surface area contributed by atoms with E-state index in [4.69, 9.17) is 11.6 Å². The smallest absolute Gasteiger partial charge is 0.322 e. The van der Waals surface area contributed by atoms with Crippen molar-refractivity contribution in [1.29, 1.82) is 0 Å². The van der Waals surface area contributed by atoms with E-state index in [0.717, 1.165) is 29.4 Å². The third-order valence-corrected chi connectivity index (χ3v) is 6.59. The molecular formula is C20H20ClFN4O3. The van der Waals surface area contributed by atoms with Gasteiger partial charge in [-0.15, -0.1) is 0 Å². The van der Waals surface area contributed by atoms with E-state index in [1.54, 1.807) is 11.0 Å². The lowest BCUT2D eigenvalue weighted by Gasteiger charge is -2.31. The van der Waals surface area contributed by atoms with Crippen LogP contribution in [0.4, 0.5) is 9.18 Å². The number of hydrogen-bond donors (Lipinski definition) is 2. The minimum absolute atomic E-state index is 0.0558. The van der Waals surface area contributed by atoms with E-state index in [-0.39, 0.29) is 29.2 Å². The molecule has 1 atom stereocenters. The van der Waals surface area contributed by atoms with Crippen LogP contribution in [-0.4, -0.2) is 39.4 Å². The first-order chi connectivity index (χ1) is 13.9. The molecule has 9 heteroatoms. The molecule has 0 radical (unpaired) electrons. The van der Waals surface area contributed by atoms with Crippen molar-refractivity contribution in [3.05, 3.63) is 34.7 Å². The van der Waals surface area contributed by atoms with Crippen molar-refractivity contribution in [2.24, 2.45) is 5.92 Å². The Morgan fingerprint density at radius 1 is 1.24 bits per heavy atom. The summed E-state index contributed by atoms with van der Waals surface area (Å²) in [5.41, 5.74) is 0.827. The van der Waals surface area contributed by atoms with Gasteiger partial charge in [0.1, 0.15) is 11.4 Å². The second-order valence-corrected chi connectivity index (χ2v) is 8.49. The number of benzene rings is 1. The molecule has 1 aromatic carbocycles. The molecule has 29 heavy (non-hydrogen) atoms. The molecule has 4 amide bonds. The van der Waals surface area contributed by atoms with Gasteiger partial charge in [0.15, 0.2) is 0 Å². The summed E-state index contributed by atoms with van der Waals surface area (Å²) in [6.45, 7) is 1.54. The van der Waals surface area contributed by atoms with Gasteiger partial charge in [-0.25, -0.2) is 9.18 Å². The zero-order valence-electron chi connectivity index (χ0n) is 15.6. The summed E-state index contributed by atoms with van der Waals surface area (Å²) in [5, 5.41) is 5.91. The van der Waals surface area contributed by atoms with Gasteiger partial charge >= 0.3 is 6.03 Å². The number of urea groups is 1. The van der Waals surface area contributed by atoms with Crippen LogP contribution in [0, 0.1) is 11.7 Å². The van der Waals surface area contributed by atoms with Crippen LogP contribution in [0.2, 0.25) is 5.02 Å². The highest BCUT2D eigenvalue weighted by Crippen LogP contribution is 2.44. The molecule has 152 valence electrons. The molecule has 3 heterocycles. The van der Waals surface area contributed by atoms with Gasteiger partial charge in [-0.2, -0.15) is 0 Å². The van der Waals surface area contributed by atoms with E-state index < -0.39 is 17.4 Å². The molecule has 1 saturated carbocycles. The lowest BCUT2D eigenvalue weighted by atomic mass is 9.87. The molecular weight excluding hydrogens is 399 g/mol. The largest absolute Gasteiger partial charge is 0.341 e. The first kappa shape index (κ1) is 18.4. The van der Waals surface area contributed by atoms with Crippen LogP contribution in [0.25, 0.3) is 10.9 Å². The number of nitrogens with one attached hydrogen (secondary N) is 2. The Morgan fingerprint density at radius 3 is 2.72 bits per heavy atom. The first-order valence-electron chi connectivity index (χ1n) is 9.76. The van der Waals surface area contributed by atoms with Gasteiger partial charge in [0.25, 0.3) is 5.91 Å². The minimum atomic E-state index is -0.953. The molecule has 5 rings (SSSR count). The molecule has 2 N–H and O–H groups in total. The highest BCUT2D eigenvalue weighted by atomic mass is 35.5. The zero-order valence-corrected chi connectivity index (χ0v) is 16.4. The number of fused-ring (bicyclic) bond motifs is 3. The maximum Gasteiger partial charge on any atom is 0.322 e. The van der Waals surface area contributed by atoms with Crippen molar-refractivity contribution >= 4 is 40.3 Å². The number of aromatic nitrogens is 1. The van der Waals surface area contributed by atoms with Gasteiger partial charge in [0, 0.05) is 30.6 Å². The van der Waals surface area contributed by atoms with Crippen LogP contribution in [0.5, 0.6) is 0 Å². The van der Waals surface area contributed by atoms with E-state index >= 15 is 0 Å². The van der Waals surface area contributed by atoms with Crippen LogP contribution < -0.4 is 10.6 Å². The van der Waals surface area contributed by atoms with Gasteiger partial charge in [0.05, 0.1) is 17.1 Å². The molecule has 0 bridgehead atoms. The van der Waals surface area contributed by atoms with Crippen LogP contribution in [-0.2, 0) is 22.7 Å². The highest BCUT2D eigenvalue weighted by molar-refractivity contribution is 6.31. The normalized spacial score (nSPS) is 23.9. The van der Waals surface area contributed by atoms with Crippen LogP contribution in [0.1, 0.15) is 31.4 Å². The number of hydrogen-bond acceptors (Lipinski definition) is 3. The summed E-state index contributed by atoms with van der Waals surface area (Å²) >= 11 is 5.92. The summed E-state index contributed by atoms with van der Waals surface area (Å²) in [6.07, 6.45) is 2.24. The Morgan fingerprint density at radius 2 is 2.03 bits per heavy atom. The quantitative estimate of drug-likeness (QED) is 0.748. The number of imide groups is 1. The predicted octanol–water partition coefficient (Wildman–Crippen LogP) is 2.54. The summed E-state index contributed by atoms with van der Waals surface area (Å²) in [4.78, 5) is 38.6. The third-order valence-electron chi connectivity index (χ3n) is 6.30. The van der Waals surface area contributed by atoms with E-state index in [1.807, 2.05) is 6.07 Å². The summed E-state index contributed by atoms with van der Waals surface area (Å²) < 4.78 is 15.8. The van der Waals surface area contributed by atoms with Crippen molar-refractivity contribution in [1.82, 2.24) is 20.1 Å². The fourth-order valence-electron chi connectivity index (χ4n) is 4.63. The number of nitrogens with zero attached hydrogens (tertiary/aromatic N) is 2. The first-order valence-corrected chi connectivity index (χ1v) is 10.1. The fraction of sp³-hybridized carbons (Fsp3) is 0.450. The summed E-state index contributed by atoms with van der Waals surface area (Å²) in [7, 11) is 0. The summed E-state index contributed by atoms with van der Waals surface area (Å²) in [5.74, 6) is -0.738. The molecule has 7 nitrogen and oxygen atoms in total. The standard InChI is InChI=1S/C20H20ClFN4O3/c21-14-9-16-11(8-15(14)22)7-13-10-25(5-6-26(13)16)17(27)3-4-20(12-1-2-12)18(28)23-19(29)24-20/h7-9,12H,1-6,10H2,(H2,23,24,28,29)/t20-/m0/s1. The average Bonchev–Trinajstić information content (AvgIpc) is 3.42. The Balaban J connectivity index is 1.31. The van der Waals surface area contributed by atoms with E-state index in [2.05, 4.69) is 15.2 Å². The number of amides is 4. The van der Waals surface area contributed by atoms with Crippen molar-refractivity contribution in [3.63, 3.8) is 0 Å². The topological polar surface area (TPSA) is 83.4 Å². The predicted molar refractivity (Wildman–Crippen MR) is 104 cm³/mol. The average molecular weight is 419 g/mol. The summed E-state index contributed by atoms with van der Waals surface area (Å²) in [6, 6.07) is 4.43. The second kappa shape index (κ2) is 6.45. The second-order valence-electron chi connectivity index (χ2n) is 8.08. The van der Waals surface area contributed by atoms with Gasteiger partial charge in [0.2, 0.25) is 5.91 Å². The third kappa shape index (κ3) is 2.97. The van der Waals surface area contributed by atoms with E-state index in [0.29, 0.717) is 26.1 Å². The van der Waals surface area contributed by atoms with Crippen molar-refractivity contribution in [3.8, 4) is 0 Å². The van der Waals surface area contributed by atoms with E-state index in [9.17, 15) is 18.8 Å². The minimum Gasteiger partial charge on any atom is -0.341 e. The molecule has 2 fully saturated rings. The molecule has 0 unspecified atom stereocenters. The number of rotatable bonds is 4. The van der Waals surface area contributed by atoms with Crippen LogP contribution >= 0.6 is 11.6 Å². The van der Waals surface area contributed by atoms with Crippen molar-refractivity contribution in [2.75, 3.05) is 6.54 Å². The molecule has 2 aliphatic heterocycles. The van der Waals surface area contributed by atoms with Crippen molar-refractivity contribution < 1.29 is 18.8 Å². The Labute approximate surface area is 171 Å².